The first-order valence-corrected chi connectivity index (χ1v) is 18.8. The number of aromatic nitrogens is 4. The number of hydrogen-bond acceptors (Lipinski definition) is 8. The van der Waals surface area contributed by atoms with Crippen molar-refractivity contribution < 1.29 is 17.7 Å². The van der Waals surface area contributed by atoms with Crippen LogP contribution in [0, 0.1) is 13.8 Å². The van der Waals surface area contributed by atoms with Gasteiger partial charge >= 0.3 is 28.5 Å². The van der Waals surface area contributed by atoms with Crippen molar-refractivity contribution in [1.82, 2.24) is 19.1 Å². The monoisotopic (exact) mass is 622 g/mol. The Morgan fingerprint density at radius 1 is 0.786 bits per heavy atom. The Morgan fingerprint density at radius 3 is 1.83 bits per heavy atom. The van der Waals surface area contributed by atoms with Crippen LogP contribution in [0.3, 0.4) is 0 Å². The van der Waals surface area contributed by atoms with Crippen molar-refractivity contribution in [3.05, 3.63) is 65.2 Å². The van der Waals surface area contributed by atoms with Crippen LogP contribution in [0.2, 0.25) is 22.2 Å². The summed E-state index contributed by atoms with van der Waals surface area (Å²) < 4.78 is 31.2. The highest BCUT2D eigenvalue weighted by molar-refractivity contribution is 6.84. The third kappa shape index (κ3) is 5.76. The Kier molecular flexibility index (Phi) is 9.27. The van der Waals surface area contributed by atoms with Gasteiger partial charge in [-0.15, -0.1) is 0 Å². The molecule has 12 nitrogen and oxygen atoms in total. The Hall–Kier alpha value is -2.37. The summed E-state index contributed by atoms with van der Waals surface area (Å²) >= 11 is 0. The van der Waals surface area contributed by atoms with Crippen LogP contribution >= 0.6 is 0 Å². The molecule has 42 heavy (non-hydrogen) atoms. The predicted octanol–water partition coefficient (Wildman–Crippen LogP) is 3.32. The molecule has 234 valence electrons. The van der Waals surface area contributed by atoms with E-state index in [0.717, 1.165) is 0 Å². The van der Waals surface area contributed by atoms with Gasteiger partial charge < -0.3 is 17.7 Å². The summed E-state index contributed by atoms with van der Waals surface area (Å²) in [6, 6.07) is 0. The zero-order valence-electron chi connectivity index (χ0n) is 26.3. The van der Waals surface area contributed by atoms with Crippen molar-refractivity contribution in [3.63, 3.8) is 0 Å². The van der Waals surface area contributed by atoms with Gasteiger partial charge in [0.25, 0.3) is 11.1 Å². The van der Waals surface area contributed by atoms with Crippen molar-refractivity contribution in [2.45, 2.75) is 129 Å². The lowest BCUT2D eigenvalue weighted by Gasteiger charge is -2.53. The zero-order chi connectivity index (χ0) is 31.3. The molecule has 4 rings (SSSR count). The predicted molar refractivity (Wildman–Crippen MR) is 163 cm³/mol. The van der Waals surface area contributed by atoms with E-state index in [9.17, 15) is 19.2 Å². The first-order valence-electron chi connectivity index (χ1n) is 14.9. The molecule has 4 heterocycles. The van der Waals surface area contributed by atoms with E-state index < -0.39 is 64.2 Å². The van der Waals surface area contributed by atoms with Crippen LogP contribution in [-0.4, -0.2) is 54.5 Å². The van der Waals surface area contributed by atoms with E-state index in [1.807, 2.05) is 0 Å². The van der Waals surface area contributed by atoms with E-state index in [2.05, 4.69) is 65.4 Å². The Balaban J connectivity index is 1.91. The van der Waals surface area contributed by atoms with Gasteiger partial charge in [-0.3, -0.25) is 28.7 Å². The largest absolute Gasteiger partial charge is 0.414 e. The first kappa shape index (κ1) is 32.5. The Morgan fingerprint density at radius 2 is 1.29 bits per heavy atom. The van der Waals surface area contributed by atoms with Crippen LogP contribution in [-0.2, 0) is 24.2 Å². The quantitative estimate of drug-likeness (QED) is 0.447. The molecular weight excluding hydrogens is 577 g/mol. The van der Waals surface area contributed by atoms with Crippen LogP contribution in [0.1, 0.15) is 79.2 Å². The molecular formula is C28H46N4O8Si2. The lowest BCUT2D eigenvalue weighted by molar-refractivity contribution is -0.0978. The molecule has 2 aromatic rings. The molecule has 2 N–H and O–H groups in total. The summed E-state index contributed by atoms with van der Waals surface area (Å²) in [7, 11) is -6.06. The second-order valence-electron chi connectivity index (χ2n) is 13.0. The number of nitrogens with zero attached hydrogens (tertiary/aromatic N) is 2. The highest BCUT2D eigenvalue weighted by Gasteiger charge is 2.62. The zero-order valence-corrected chi connectivity index (χ0v) is 28.3. The topological polar surface area (TPSA) is 147 Å². The van der Waals surface area contributed by atoms with Crippen LogP contribution < -0.4 is 22.5 Å². The lowest BCUT2D eigenvalue weighted by atomic mass is 10.1. The average molecular weight is 623 g/mol. The second-order valence-corrected chi connectivity index (χ2v) is 21.8. The normalized spacial score (nSPS) is 25.7. The number of fused-ring (bicyclic) bond motifs is 1. The Labute approximate surface area is 247 Å². The molecule has 2 aliphatic heterocycles. The molecule has 2 aliphatic rings. The molecule has 0 aromatic carbocycles. The number of rotatable bonds is 7. The highest BCUT2D eigenvalue weighted by atomic mass is 28.5. The van der Waals surface area contributed by atoms with Crippen molar-refractivity contribution in [1.29, 1.82) is 0 Å². The van der Waals surface area contributed by atoms with E-state index in [0.29, 0.717) is 17.5 Å². The summed E-state index contributed by atoms with van der Waals surface area (Å²) in [5.41, 5.74) is -0.978. The summed E-state index contributed by atoms with van der Waals surface area (Å²) in [4.78, 5) is 54.8. The van der Waals surface area contributed by atoms with Gasteiger partial charge in [-0.2, -0.15) is 0 Å². The van der Waals surface area contributed by atoms with Gasteiger partial charge in [0.15, 0.2) is 0 Å². The highest BCUT2D eigenvalue weighted by Crippen LogP contribution is 2.49. The number of hydrogen-bond donors (Lipinski definition) is 2. The number of aryl methyl sites for hydroxylation is 2. The van der Waals surface area contributed by atoms with Gasteiger partial charge in [-0.05, 0) is 36.0 Å². The van der Waals surface area contributed by atoms with Crippen molar-refractivity contribution >= 4 is 17.1 Å². The van der Waals surface area contributed by atoms with E-state index in [4.69, 9.17) is 17.7 Å². The molecule has 0 radical (unpaired) electrons. The van der Waals surface area contributed by atoms with Crippen LogP contribution in [0.25, 0.3) is 0 Å². The molecule has 0 amide bonds. The number of H-pyrrole nitrogens is 2. The summed E-state index contributed by atoms with van der Waals surface area (Å²) in [5.74, 6) is 0. The van der Waals surface area contributed by atoms with Crippen LogP contribution in [0.15, 0.2) is 31.6 Å². The molecule has 0 saturated carbocycles. The van der Waals surface area contributed by atoms with Crippen molar-refractivity contribution in [2.75, 3.05) is 0 Å². The number of ether oxygens (including phenoxy) is 1. The number of nitrogens with one attached hydrogen (secondary N) is 2. The van der Waals surface area contributed by atoms with Crippen molar-refractivity contribution in [2.24, 2.45) is 0 Å². The third-order valence-electron chi connectivity index (χ3n) is 8.71. The Bertz CT molecular complexity index is 1510. The van der Waals surface area contributed by atoms with Crippen LogP contribution in [0.4, 0.5) is 0 Å². The SMILES string of the molecule is Cc1cn(C[C@@H]2O[Si](C(C)C)(C(C)C)O[Si](C(C)C)(C(C)C)OC3C[C@H](n4cc(C)c(=O)[nH]c4=O)OC32)c(=O)[nH]c1=O. The molecule has 2 saturated heterocycles. The van der Waals surface area contributed by atoms with Gasteiger partial charge in [0.2, 0.25) is 0 Å². The summed E-state index contributed by atoms with van der Waals surface area (Å²) in [5, 5.41) is 0. The van der Waals surface area contributed by atoms with E-state index in [1.54, 1.807) is 13.8 Å². The molecule has 14 heteroatoms. The molecule has 0 spiro atoms. The molecule has 0 aliphatic carbocycles. The minimum Gasteiger partial charge on any atom is -0.414 e. The van der Waals surface area contributed by atoms with E-state index >= 15 is 0 Å². The first-order chi connectivity index (χ1) is 19.5. The maximum Gasteiger partial charge on any atom is 0.335 e. The smallest absolute Gasteiger partial charge is 0.335 e. The van der Waals surface area contributed by atoms with E-state index in [-0.39, 0.29) is 28.7 Å². The van der Waals surface area contributed by atoms with E-state index in [1.165, 1.54) is 21.5 Å². The van der Waals surface area contributed by atoms with Gasteiger partial charge in [0.05, 0.1) is 18.8 Å². The minimum atomic E-state index is -3.07. The molecule has 2 aromatic heterocycles. The minimum absolute atomic E-state index is 0.0419. The van der Waals surface area contributed by atoms with Gasteiger partial charge in [0.1, 0.15) is 12.3 Å². The van der Waals surface area contributed by atoms with Crippen LogP contribution in [0.5, 0.6) is 0 Å². The lowest BCUT2D eigenvalue weighted by Crippen LogP contribution is -2.67. The molecule has 4 atom stereocenters. The fourth-order valence-corrected chi connectivity index (χ4v) is 17.6. The summed E-state index contributed by atoms with van der Waals surface area (Å²) in [6.45, 7) is 20.3. The molecule has 2 fully saturated rings. The van der Waals surface area contributed by atoms with Gasteiger partial charge in [-0.1, -0.05) is 55.4 Å². The van der Waals surface area contributed by atoms with Gasteiger partial charge in [0, 0.05) is 29.9 Å². The van der Waals surface area contributed by atoms with Gasteiger partial charge in [-0.25, -0.2) is 9.59 Å². The maximum atomic E-state index is 12.9. The standard InChI is InChI=1S/C28H46N4O8Si2/c1-15(2)41(16(3)4)38-21-11-23(32-13-20(10)26(34)30-28(32)36)37-24(21)22(39-42(40-41,17(5)6)18(7)8)14-31-12-19(9)25(33)29-27(31)35/h12-13,15-18,21-24H,11,14H2,1-10H3,(H,29,33,35)(H,30,34,36)/t21?,22-,23+,24?/m0/s1. The van der Waals surface area contributed by atoms with Crippen molar-refractivity contribution in [3.8, 4) is 0 Å². The maximum absolute atomic E-state index is 12.9. The summed E-state index contributed by atoms with van der Waals surface area (Å²) in [6.07, 6.45) is 0.756. The molecule has 2 unspecified atom stereocenters. The second kappa shape index (κ2) is 12.0. The number of aromatic amines is 2. The molecule has 0 bridgehead atoms. The average Bonchev–Trinajstić information content (AvgIpc) is 3.28. The fourth-order valence-electron chi connectivity index (χ4n) is 6.35. The fraction of sp³-hybridized carbons (Fsp3) is 0.714. The third-order valence-corrected chi connectivity index (χ3v) is 19.0.